The van der Waals surface area contributed by atoms with Crippen LogP contribution >= 0.6 is 0 Å². The van der Waals surface area contributed by atoms with Gasteiger partial charge >= 0.3 is 0 Å². The Morgan fingerprint density at radius 1 is 1.45 bits per heavy atom. The Morgan fingerprint density at radius 3 is 3.00 bits per heavy atom. The van der Waals surface area contributed by atoms with E-state index >= 15 is 0 Å². The number of rotatable bonds is 4. The third-order valence-electron chi connectivity index (χ3n) is 1.33. The standard InChI is InChI=1S/C10H12O/c1-2-8-11-9-10-6-4-3-5-7-10/h2-7H,1,8-9H2/i1D. The van der Waals surface area contributed by atoms with E-state index in [2.05, 4.69) is 0 Å². The van der Waals surface area contributed by atoms with Gasteiger partial charge in [-0.05, 0) is 5.56 Å². The lowest BCUT2D eigenvalue weighted by Crippen LogP contribution is -1.91. The van der Waals surface area contributed by atoms with Crippen LogP contribution in [0.3, 0.4) is 0 Å². The Kier molecular flexibility index (Phi) is 2.82. The summed E-state index contributed by atoms with van der Waals surface area (Å²) < 4.78 is 12.0. The van der Waals surface area contributed by atoms with Gasteiger partial charge in [-0.25, -0.2) is 0 Å². The fraction of sp³-hybridized carbons (Fsp3) is 0.200. The molecule has 0 aliphatic carbocycles. The van der Waals surface area contributed by atoms with Crippen LogP contribution in [0.25, 0.3) is 0 Å². The van der Waals surface area contributed by atoms with Gasteiger partial charge in [-0.1, -0.05) is 36.4 Å². The first-order valence-corrected chi connectivity index (χ1v) is 3.58. The van der Waals surface area contributed by atoms with Crippen LogP contribution in [0.1, 0.15) is 6.93 Å². The van der Waals surface area contributed by atoms with Crippen molar-refractivity contribution >= 4 is 0 Å². The highest BCUT2D eigenvalue weighted by Crippen LogP contribution is 1.99. The Labute approximate surface area is 68.7 Å². The van der Waals surface area contributed by atoms with Crippen molar-refractivity contribution in [2.24, 2.45) is 0 Å². The molecule has 0 fully saturated rings. The normalized spacial score (nSPS) is 11.8. The summed E-state index contributed by atoms with van der Waals surface area (Å²) in [6.07, 6.45) is 1.67. The quantitative estimate of drug-likeness (QED) is 0.472. The molecule has 0 N–H and O–H groups in total. The lowest BCUT2D eigenvalue weighted by Gasteiger charge is -1.99. The summed E-state index contributed by atoms with van der Waals surface area (Å²) in [6, 6.07) is 9.99. The van der Waals surface area contributed by atoms with Crippen LogP contribution < -0.4 is 0 Å². The zero-order chi connectivity index (χ0) is 8.65. The van der Waals surface area contributed by atoms with Gasteiger partial charge in [0.05, 0.1) is 14.6 Å². The molecule has 58 valence electrons. The summed E-state index contributed by atoms with van der Waals surface area (Å²) in [5.74, 6) is 0. The van der Waals surface area contributed by atoms with Crippen LogP contribution in [0.5, 0.6) is 0 Å². The fourth-order valence-electron chi connectivity index (χ4n) is 0.819. The van der Waals surface area contributed by atoms with Gasteiger partial charge < -0.3 is 4.74 Å². The molecule has 1 heteroatoms. The minimum absolute atomic E-state index is 0.512. The minimum atomic E-state index is 0.512. The average Bonchev–Trinajstić information content (AvgIpc) is 2.14. The second-order valence-electron chi connectivity index (χ2n) is 2.24. The molecule has 0 radical (unpaired) electrons. The van der Waals surface area contributed by atoms with Gasteiger partial charge in [0.15, 0.2) is 0 Å². The third kappa shape index (κ3) is 3.01. The zero-order valence-electron chi connectivity index (χ0n) is 7.36. The van der Waals surface area contributed by atoms with Gasteiger partial charge in [0, 0.05) is 0 Å². The Hall–Kier alpha value is -1.08. The van der Waals surface area contributed by atoms with Crippen molar-refractivity contribution in [1.82, 2.24) is 0 Å². The highest BCUT2D eigenvalue weighted by atomic mass is 16.5. The average molecular weight is 149 g/mol. The molecule has 11 heavy (non-hydrogen) atoms. The minimum Gasteiger partial charge on any atom is -0.373 e. The zero-order valence-corrected chi connectivity index (χ0v) is 6.36. The van der Waals surface area contributed by atoms with E-state index in [1.54, 1.807) is 6.08 Å². The van der Waals surface area contributed by atoms with E-state index < -0.39 is 0 Å². The number of hydrogen-bond donors (Lipinski definition) is 0. The van der Waals surface area contributed by atoms with E-state index in [0.29, 0.717) is 13.2 Å². The molecule has 0 atom stereocenters. The van der Waals surface area contributed by atoms with Gasteiger partial charge in [-0.3, -0.25) is 0 Å². The second kappa shape index (κ2) is 4.69. The molecule has 0 saturated carbocycles. The maximum absolute atomic E-state index is 6.73. The van der Waals surface area contributed by atoms with Crippen molar-refractivity contribution in [3.8, 4) is 0 Å². The van der Waals surface area contributed by atoms with E-state index in [1.807, 2.05) is 30.3 Å². The molecule has 0 amide bonds. The van der Waals surface area contributed by atoms with Gasteiger partial charge in [0.1, 0.15) is 0 Å². The molecule has 1 nitrogen and oxygen atoms in total. The molecular formula is C10H12O. The molecule has 0 bridgehead atoms. The molecule has 0 aromatic heterocycles. The van der Waals surface area contributed by atoms with Crippen molar-refractivity contribution in [1.29, 1.82) is 0 Å². The van der Waals surface area contributed by atoms with Crippen LogP contribution in [0, 0.1) is 0 Å². The smallest absolute Gasteiger partial charge is 0.0721 e. The van der Waals surface area contributed by atoms with Crippen LogP contribution in [-0.2, 0) is 11.3 Å². The highest BCUT2D eigenvalue weighted by Gasteiger charge is 1.87. The van der Waals surface area contributed by atoms with Crippen molar-refractivity contribution in [2.75, 3.05) is 6.61 Å². The van der Waals surface area contributed by atoms with E-state index in [0.717, 1.165) is 5.56 Å². The van der Waals surface area contributed by atoms with E-state index in [-0.39, 0.29) is 0 Å². The maximum Gasteiger partial charge on any atom is 0.0721 e. The molecule has 0 saturated heterocycles. The van der Waals surface area contributed by atoms with E-state index in [4.69, 9.17) is 6.11 Å². The third-order valence-corrected chi connectivity index (χ3v) is 1.33. The molecule has 1 rings (SSSR count). The second-order valence-corrected chi connectivity index (χ2v) is 2.24. The molecule has 1 aromatic carbocycles. The van der Waals surface area contributed by atoms with Crippen LogP contribution in [0.4, 0.5) is 0 Å². The van der Waals surface area contributed by atoms with E-state index in [1.165, 1.54) is 6.55 Å². The first-order valence-electron chi connectivity index (χ1n) is 4.16. The molecule has 0 heterocycles. The van der Waals surface area contributed by atoms with Crippen molar-refractivity contribution < 1.29 is 6.11 Å². The molecule has 1 aromatic rings. The predicted octanol–water partition coefficient (Wildman–Crippen LogP) is 2.39. The summed E-state index contributed by atoms with van der Waals surface area (Å²) >= 11 is 0. The number of hydrogen-bond acceptors (Lipinski definition) is 1. The fourth-order valence-corrected chi connectivity index (χ4v) is 0.819. The number of benzene rings is 1. The maximum atomic E-state index is 6.73. The topological polar surface area (TPSA) is 9.23 Å². The SMILES string of the molecule is [2H]C=CCOCc1ccccc1. The summed E-state index contributed by atoms with van der Waals surface area (Å²) in [5.41, 5.74) is 1.16. The van der Waals surface area contributed by atoms with Gasteiger partial charge in [0.25, 0.3) is 0 Å². The van der Waals surface area contributed by atoms with Gasteiger partial charge in [0.2, 0.25) is 0 Å². The Bertz CT molecular complexity index is 231. The van der Waals surface area contributed by atoms with Crippen LogP contribution in [-0.4, -0.2) is 6.61 Å². The lowest BCUT2D eigenvalue weighted by molar-refractivity contribution is 0.149. The highest BCUT2D eigenvalue weighted by molar-refractivity contribution is 5.13. The molecule has 0 unspecified atom stereocenters. The summed E-state index contributed by atoms with van der Waals surface area (Å²) in [7, 11) is 0. The van der Waals surface area contributed by atoms with Crippen molar-refractivity contribution in [2.45, 2.75) is 6.61 Å². The van der Waals surface area contributed by atoms with Gasteiger partial charge in [-0.2, -0.15) is 0 Å². The van der Waals surface area contributed by atoms with Gasteiger partial charge in [-0.15, -0.1) is 6.55 Å². The molecule has 0 aliphatic rings. The Balaban J connectivity index is 2.24. The molecular weight excluding hydrogens is 136 g/mol. The largest absolute Gasteiger partial charge is 0.373 e. The number of ether oxygens (including phenoxy) is 1. The summed E-state index contributed by atoms with van der Waals surface area (Å²) in [6.45, 7) is 2.37. The summed E-state index contributed by atoms with van der Waals surface area (Å²) in [5, 5.41) is 0. The van der Waals surface area contributed by atoms with Crippen LogP contribution in [0.2, 0.25) is 0 Å². The Morgan fingerprint density at radius 2 is 2.27 bits per heavy atom. The van der Waals surface area contributed by atoms with E-state index in [9.17, 15) is 0 Å². The van der Waals surface area contributed by atoms with Crippen molar-refractivity contribution in [3.63, 3.8) is 0 Å². The monoisotopic (exact) mass is 149 g/mol. The van der Waals surface area contributed by atoms with Crippen molar-refractivity contribution in [3.05, 3.63) is 48.5 Å². The van der Waals surface area contributed by atoms with Crippen LogP contribution in [0.15, 0.2) is 43.0 Å². The molecule has 0 spiro atoms. The lowest BCUT2D eigenvalue weighted by atomic mass is 10.2. The first-order chi connectivity index (χ1) is 5.93. The first kappa shape index (κ1) is 6.62. The predicted molar refractivity (Wildman–Crippen MR) is 46.3 cm³/mol. The summed E-state index contributed by atoms with van der Waals surface area (Å²) in [4.78, 5) is 0. The molecule has 0 aliphatic heterocycles.